The van der Waals surface area contributed by atoms with Crippen LogP contribution in [0.5, 0.6) is 5.75 Å². The van der Waals surface area contributed by atoms with Gasteiger partial charge in [0.1, 0.15) is 12.0 Å². The van der Waals surface area contributed by atoms with Crippen LogP contribution < -0.4 is 10.2 Å². The maximum atomic E-state index is 12.7. The summed E-state index contributed by atoms with van der Waals surface area (Å²) >= 11 is 0. The number of benzene rings is 2. The number of hydrogen-bond donors (Lipinski definition) is 0. The summed E-state index contributed by atoms with van der Waals surface area (Å²) in [6.07, 6.45) is 1.25. The van der Waals surface area contributed by atoms with Crippen molar-refractivity contribution in [3.05, 3.63) is 99.6 Å². The van der Waals surface area contributed by atoms with Gasteiger partial charge in [-0.3, -0.25) is 14.5 Å². The number of ether oxygens (including phenoxy) is 1. The molecule has 0 radical (unpaired) electrons. The summed E-state index contributed by atoms with van der Waals surface area (Å²) in [5, 5.41) is 0. The maximum absolute atomic E-state index is 12.7. The Balaban J connectivity index is 1.09. The standard InChI is InChI=1S/C27H29N3O6S/c31-25-14-24(17-28-15-22-8-4-5-9-23(22)16-28)35-18-26(25)36-19-27(32)29-10-12-30(13-11-29)37(33,34)20-21-6-2-1-3-7-21/h1-9,14,18H,10-13,15-17,19-20H2. The molecule has 1 aromatic heterocycles. The molecule has 0 spiro atoms. The van der Waals surface area contributed by atoms with Crippen LogP contribution in [0.25, 0.3) is 0 Å². The number of hydrogen-bond acceptors (Lipinski definition) is 7. The number of amides is 1. The first kappa shape index (κ1) is 25.2. The Hall–Kier alpha value is -3.47. The van der Waals surface area contributed by atoms with Crippen LogP contribution in [0, 0.1) is 0 Å². The zero-order valence-corrected chi connectivity index (χ0v) is 21.2. The Bertz CT molecular complexity index is 1390. The van der Waals surface area contributed by atoms with Crippen LogP contribution in [0.15, 0.2) is 76.1 Å². The highest BCUT2D eigenvalue weighted by molar-refractivity contribution is 7.88. The van der Waals surface area contributed by atoms with Crippen molar-refractivity contribution < 1.29 is 22.4 Å². The number of sulfonamides is 1. The Morgan fingerprint density at radius 1 is 0.919 bits per heavy atom. The summed E-state index contributed by atoms with van der Waals surface area (Å²) in [7, 11) is -3.47. The molecule has 2 aliphatic rings. The molecule has 0 saturated carbocycles. The van der Waals surface area contributed by atoms with E-state index in [1.807, 2.05) is 30.3 Å². The van der Waals surface area contributed by atoms with Crippen LogP contribution >= 0.6 is 0 Å². The Labute approximate surface area is 215 Å². The zero-order valence-electron chi connectivity index (χ0n) is 20.4. The summed E-state index contributed by atoms with van der Waals surface area (Å²) in [5.41, 5.74) is 2.93. The lowest BCUT2D eigenvalue weighted by Crippen LogP contribution is -2.51. The van der Waals surface area contributed by atoms with Crippen molar-refractivity contribution in [2.45, 2.75) is 25.4 Å². The molecule has 10 heteroatoms. The van der Waals surface area contributed by atoms with Crippen molar-refractivity contribution in [3.63, 3.8) is 0 Å². The second-order valence-electron chi connectivity index (χ2n) is 9.30. The van der Waals surface area contributed by atoms with E-state index in [0.29, 0.717) is 12.3 Å². The molecule has 0 atom stereocenters. The minimum Gasteiger partial charge on any atom is -0.477 e. The van der Waals surface area contributed by atoms with Crippen molar-refractivity contribution in [3.8, 4) is 5.75 Å². The molecule has 0 N–H and O–H groups in total. The molecule has 0 aliphatic carbocycles. The predicted molar refractivity (Wildman–Crippen MR) is 137 cm³/mol. The Kier molecular flexibility index (Phi) is 7.40. The van der Waals surface area contributed by atoms with E-state index < -0.39 is 10.0 Å². The second kappa shape index (κ2) is 10.9. The molecule has 194 valence electrons. The van der Waals surface area contributed by atoms with Gasteiger partial charge in [-0.05, 0) is 16.7 Å². The monoisotopic (exact) mass is 523 g/mol. The average Bonchev–Trinajstić information content (AvgIpc) is 3.31. The molecule has 37 heavy (non-hydrogen) atoms. The molecule has 2 aromatic carbocycles. The van der Waals surface area contributed by atoms with Crippen molar-refractivity contribution >= 4 is 15.9 Å². The second-order valence-corrected chi connectivity index (χ2v) is 11.3. The summed E-state index contributed by atoms with van der Waals surface area (Å²) in [5.74, 6) is 0.134. The minimum absolute atomic E-state index is 0.0223. The smallest absolute Gasteiger partial charge is 0.260 e. The lowest BCUT2D eigenvalue weighted by Gasteiger charge is -2.34. The fraction of sp³-hybridized carbons (Fsp3) is 0.333. The quantitative estimate of drug-likeness (QED) is 0.446. The molecule has 9 nitrogen and oxygen atoms in total. The Morgan fingerprint density at radius 2 is 1.57 bits per heavy atom. The van der Waals surface area contributed by atoms with Gasteiger partial charge in [0, 0.05) is 45.3 Å². The molecule has 3 aromatic rings. The molecule has 1 saturated heterocycles. The first-order valence-electron chi connectivity index (χ1n) is 12.2. The fourth-order valence-corrected chi connectivity index (χ4v) is 6.20. The van der Waals surface area contributed by atoms with Crippen molar-refractivity contribution in [2.24, 2.45) is 0 Å². The van der Waals surface area contributed by atoms with Crippen LogP contribution in [0.2, 0.25) is 0 Å². The van der Waals surface area contributed by atoms with Crippen LogP contribution in [0.1, 0.15) is 22.5 Å². The summed E-state index contributed by atoms with van der Waals surface area (Å²) < 4.78 is 37.9. The van der Waals surface area contributed by atoms with Gasteiger partial charge in [0.05, 0.1) is 12.3 Å². The summed E-state index contributed by atoms with van der Waals surface area (Å²) in [4.78, 5) is 28.9. The largest absolute Gasteiger partial charge is 0.477 e. The van der Waals surface area contributed by atoms with E-state index in [9.17, 15) is 18.0 Å². The van der Waals surface area contributed by atoms with Crippen LogP contribution in [-0.4, -0.2) is 61.2 Å². The molecule has 3 heterocycles. The van der Waals surface area contributed by atoms with Gasteiger partial charge in [0.2, 0.25) is 21.2 Å². The molecule has 2 aliphatic heterocycles. The van der Waals surface area contributed by atoms with Crippen molar-refractivity contribution in [1.29, 1.82) is 0 Å². The number of rotatable bonds is 8. The zero-order chi connectivity index (χ0) is 25.8. The average molecular weight is 524 g/mol. The van der Waals surface area contributed by atoms with Crippen molar-refractivity contribution in [2.75, 3.05) is 32.8 Å². The lowest BCUT2D eigenvalue weighted by molar-refractivity contribution is -0.134. The van der Waals surface area contributed by atoms with E-state index in [4.69, 9.17) is 9.15 Å². The first-order chi connectivity index (χ1) is 17.9. The normalized spacial score (nSPS) is 16.5. The van der Waals surface area contributed by atoms with E-state index >= 15 is 0 Å². The third-order valence-electron chi connectivity index (χ3n) is 6.67. The topological polar surface area (TPSA) is 100 Å². The van der Waals surface area contributed by atoms with Gasteiger partial charge in [-0.15, -0.1) is 0 Å². The predicted octanol–water partition coefficient (Wildman–Crippen LogP) is 2.21. The van der Waals surface area contributed by atoms with Gasteiger partial charge in [-0.2, -0.15) is 4.31 Å². The minimum atomic E-state index is -3.47. The molecule has 0 bridgehead atoms. The van der Waals surface area contributed by atoms with Gasteiger partial charge in [-0.25, -0.2) is 8.42 Å². The van der Waals surface area contributed by atoms with E-state index in [2.05, 4.69) is 17.0 Å². The van der Waals surface area contributed by atoms with E-state index in [1.165, 1.54) is 27.8 Å². The summed E-state index contributed by atoms with van der Waals surface area (Å²) in [6, 6.07) is 18.7. The van der Waals surface area contributed by atoms with Gasteiger partial charge < -0.3 is 14.1 Å². The highest BCUT2D eigenvalue weighted by atomic mass is 32.2. The van der Waals surface area contributed by atoms with E-state index in [1.54, 1.807) is 17.0 Å². The van der Waals surface area contributed by atoms with Crippen molar-refractivity contribution in [1.82, 2.24) is 14.1 Å². The Morgan fingerprint density at radius 3 is 2.22 bits per heavy atom. The van der Waals surface area contributed by atoms with Crippen LogP contribution in [0.3, 0.4) is 0 Å². The summed E-state index contributed by atoms with van der Waals surface area (Å²) in [6.45, 7) is 2.75. The fourth-order valence-electron chi connectivity index (χ4n) is 4.69. The number of carbonyl (C=O) groups excluding carboxylic acids is 1. The third kappa shape index (κ3) is 6.10. The van der Waals surface area contributed by atoms with Crippen LogP contribution in [-0.2, 0) is 40.2 Å². The molecular weight excluding hydrogens is 494 g/mol. The van der Waals surface area contributed by atoms with E-state index in [0.717, 1.165) is 18.7 Å². The van der Waals surface area contributed by atoms with Crippen LogP contribution in [0.4, 0.5) is 0 Å². The SMILES string of the molecule is O=C(COc1coc(CN2Cc3ccccc3C2)cc1=O)N1CCN(S(=O)(=O)Cc2ccccc2)CC1. The van der Waals surface area contributed by atoms with Gasteiger partial charge in [-0.1, -0.05) is 54.6 Å². The lowest BCUT2D eigenvalue weighted by atomic mass is 10.1. The van der Waals surface area contributed by atoms with E-state index in [-0.39, 0.29) is 55.6 Å². The first-order valence-corrected chi connectivity index (χ1v) is 13.8. The highest BCUT2D eigenvalue weighted by Gasteiger charge is 2.29. The number of carbonyl (C=O) groups is 1. The highest BCUT2D eigenvalue weighted by Crippen LogP contribution is 2.24. The molecule has 1 fully saturated rings. The molecule has 0 unspecified atom stereocenters. The number of fused-ring (bicyclic) bond motifs is 1. The van der Waals surface area contributed by atoms with Gasteiger partial charge in [0.25, 0.3) is 5.91 Å². The van der Waals surface area contributed by atoms with Gasteiger partial charge >= 0.3 is 0 Å². The number of piperazine rings is 1. The molecular formula is C27H29N3O6S. The number of nitrogens with zero attached hydrogens (tertiary/aromatic N) is 3. The third-order valence-corrected chi connectivity index (χ3v) is 8.52. The van der Waals surface area contributed by atoms with Gasteiger partial charge in [0.15, 0.2) is 6.61 Å². The molecule has 5 rings (SSSR count). The maximum Gasteiger partial charge on any atom is 0.260 e. The molecule has 1 amide bonds.